The van der Waals surface area contributed by atoms with Crippen molar-refractivity contribution in [2.45, 2.75) is 39.2 Å². The van der Waals surface area contributed by atoms with Gasteiger partial charge in [-0.2, -0.15) is 0 Å². The van der Waals surface area contributed by atoms with E-state index in [9.17, 15) is 9.59 Å². The molecule has 15 heavy (non-hydrogen) atoms. The molecule has 0 aromatic heterocycles. The summed E-state index contributed by atoms with van der Waals surface area (Å²) < 4.78 is 10.4. The van der Waals surface area contributed by atoms with Crippen LogP contribution in [0.2, 0.25) is 0 Å². The fraction of sp³-hybridized carbons (Fsp3) is 0.818. The predicted octanol–water partition coefficient (Wildman–Crippen LogP) is 1.32. The first-order chi connectivity index (χ1) is 6.90. The third-order valence-corrected chi connectivity index (χ3v) is 2.42. The molecule has 1 heterocycles. The smallest absolute Gasteiger partial charge is 0.320 e. The highest BCUT2D eigenvalue weighted by atomic mass is 16.6. The maximum Gasteiger partial charge on any atom is 0.320 e. The fourth-order valence-corrected chi connectivity index (χ4v) is 1.49. The Hall–Kier alpha value is -0.900. The molecule has 0 atom stereocenters. The predicted molar refractivity (Wildman–Crippen MR) is 54.4 cm³/mol. The minimum absolute atomic E-state index is 0.422. The molecule has 0 amide bonds. The highest BCUT2D eigenvalue weighted by Crippen LogP contribution is 2.31. The van der Waals surface area contributed by atoms with Crippen molar-refractivity contribution < 1.29 is 19.1 Å². The van der Waals surface area contributed by atoms with Gasteiger partial charge in [0.25, 0.3) is 0 Å². The van der Waals surface area contributed by atoms with Crippen molar-refractivity contribution >= 4 is 12.3 Å². The van der Waals surface area contributed by atoms with Crippen LogP contribution < -0.4 is 0 Å². The second-order valence-corrected chi connectivity index (χ2v) is 4.89. The van der Waals surface area contributed by atoms with Gasteiger partial charge in [0.2, 0.25) is 0 Å². The Labute approximate surface area is 89.9 Å². The third-order valence-electron chi connectivity index (χ3n) is 2.42. The van der Waals surface area contributed by atoms with Gasteiger partial charge in [0.15, 0.2) is 0 Å². The van der Waals surface area contributed by atoms with E-state index in [2.05, 4.69) is 0 Å². The minimum atomic E-state index is -0.981. The fourth-order valence-electron chi connectivity index (χ4n) is 1.49. The first kappa shape index (κ1) is 12.2. The van der Waals surface area contributed by atoms with Crippen LogP contribution in [0.15, 0.2) is 0 Å². The first-order valence-electron chi connectivity index (χ1n) is 5.17. The van der Waals surface area contributed by atoms with Crippen LogP contribution in [-0.2, 0) is 19.1 Å². The summed E-state index contributed by atoms with van der Waals surface area (Å²) in [6.45, 7) is 6.27. The summed E-state index contributed by atoms with van der Waals surface area (Å²) in [5, 5.41) is 0. The van der Waals surface area contributed by atoms with E-state index in [1.807, 2.05) is 0 Å². The van der Waals surface area contributed by atoms with Gasteiger partial charge in [-0.05, 0) is 33.6 Å². The summed E-state index contributed by atoms with van der Waals surface area (Å²) in [7, 11) is 0. The number of hydrogen-bond donors (Lipinski definition) is 0. The first-order valence-corrected chi connectivity index (χ1v) is 5.17. The number of aldehydes is 1. The van der Waals surface area contributed by atoms with Gasteiger partial charge in [0.05, 0.1) is 0 Å². The highest BCUT2D eigenvalue weighted by molar-refractivity contribution is 5.93. The average Bonchev–Trinajstić information content (AvgIpc) is 2.16. The average molecular weight is 214 g/mol. The Morgan fingerprint density at radius 3 is 2.27 bits per heavy atom. The molecular formula is C11H18O4. The van der Waals surface area contributed by atoms with E-state index in [1.165, 1.54) is 0 Å². The van der Waals surface area contributed by atoms with Gasteiger partial charge in [-0.15, -0.1) is 0 Å². The lowest BCUT2D eigenvalue weighted by Crippen LogP contribution is -2.42. The second-order valence-electron chi connectivity index (χ2n) is 4.89. The SMILES string of the molecule is CC(C)(C)OC(=O)C1(C=O)CCOCC1. The third kappa shape index (κ3) is 3.02. The standard InChI is InChI=1S/C11H18O4/c1-10(2,3)15-9(13)11(8-12)4-6-14-7-5-11/h8H,4-7H2,1-3H3. The molecule has 0 bridgehead atoms. The van der Waals surface area contributed by atoms with E-state index in [1.54, 1.807) is 20.8 Å². The van der Waals surface area contributed by atoms with Crippen LogP contribution in [0.3, 0.4) is 0 Å². The lowest BCUT2D eigenvalue weighted by molar-refractivity contribution is -0.173. The largest absolute Gasteiger partial charge is 0.459 e. The molecule has 0 spiro atoms. The Morgan fingerprint density at radius 1 is 1.33 bits per heavy atom. The molecule has 0 unspecified atom stereocenters. The van der Waals surface area contributed by atoms with Crippen molar-refractivity contribution in [3.63, 3.8) is 0 Å². The van der Waals surface area contributed by atoms with Gasteiger partial charge < -0.3 is 14.3 Å². The Morgan fingerprint density at radius 2 is 1.87 bits per heavy atom. The maximum absolute atomic E-state index is 11.9. The zero-order valence-corrected chi connectivity index (χ0v) is 9.54. The van der Waals surface area contributed by atoms with E-state index < -0.39 is 17.0 Å². The molecule has 1 saturated heterocycles. The van der Waals surface area contributed by atoms with Crippen molar-refractivity contribution in [2.75, 3.05) is 13.2 Å². The van der Waals surface area contributed by atoms with Crippen LogP contribution in [0.4, 0.5) is 0 Å². The van der Waals surface area contributed by atoms with Crippen LogP contribution in [0.5, 0.6) is 0 Å². The second kappa shape index (κ2) is 4.31. The summed E-state index contributed by atoms with van der Waals surface area (Å²) in [5.74, 6) is -0.423. The molecule has 1 fully saturated rings. The van der Waals surface area contributed by atoms with Gasteiger partial charge in [-0.25, -0.2) is 0 Å². The molecule has 0 saturated carbocycles. The Kier molecular flexibility index (Phi) is 3.50. The van der Waals surface area contributed by atoms with Crippen molar-refractivity contribution in [1.29, 1.82) is 0 Å². The molecule has 1 aliphatic heterocycles. The van der Waals surface area contributed by atoms with E-state index in [-0.39, 0.29) is 0 Å². The van der Waals surface area contributed by atoms with E-state index in [4.69, 9.17) is 9.47 Å². The Bertz CT molecular complexity index is 246. The zero-order chi connectivity index (χ0) is 11.5. The number of carbonyl (C=O) groups is 2. The molecule has 0 N–H and O–H groups in total. The van der Waals surface area contributed by atoms with Crippen LogP contribution in [0.25, 0.3) is 0 Å². The topological polar surface area (TPSA) is 52.6 Å². The quantitative estimate of drug-likeness (QED) is 0.395. The van der Waals surface area contributed by atoms with Crippen molar-refractivity contribution in [1.82, 2.24) is 0 Å². The molecule has 0 aromatic carbocycles. The maximum atomic E-state index is 11.9. The van der Waals surface area contributed by atoms with Crippen LogP contribution >= 0.6 is 0 Å². The monoisotopic (exact) mass is 214 g/mol. The van der Waals surface area contributed by atoms with Gasteiger partial charge in [0, 0.05) is 13.2 Å². The minimum Gasteiger partial charge on any atom is -0.459 e. The molecule has 86 valence electrons. The normalized spacial score (nSPS) is 20.7. The number of hydrogen-bond acceptors (Lipinski definition) is 4. The molecule has 0 radical (unpaired) electrons. The highest BCUT2D eigenvalue weighted by Gasteiger charge is 2.43. The molecule has 4 nitrogen and oxygen atoms in total. The Balaban J connectivity index is 2.73. The zero-order valence-electron chi connectivity index (χ0n) is 9.54. The summed E-state index contributed by atoms with van der Waals surface area (Å²) in [6.07, 6.45) is 1.56. The van der Waals surface area contributed by atoms with Crippen molar-refractivity contribution in [2.24, 2.45) is 5.41 Å². The number of esters is 1. The molecular weight excluding hydrogens is 196 g/mol. The van der Waals surface area contributed by atoms with Gasteiger partial charge in [0.1, 0.15) is 17.3 Å². The lowest BCUT2D eigenvalue weighted by atomic mass is 9.82. The molecule has 1 aliphatic rings. The lowest BCUT2D eigenvalue weighted by Gasteiger charge is -2.32. The van der Waals surface area contributed by atoms with Crippen LogP contribution in [-0.4, -0.2) is 31.1 Å². The van der Waals surface area contributed by atoms with Crippen molar-refractivity contribution in [3.05, 3.63) is 0 Å². The van der Waals surface area contributed by atoms with E-state index in [0.29, 0.717) is 32.3 Å². The number of rotatable bonds is 2. The molecule has 4 heteroatoms. The van der Waals surface area contributed by atoms with E-state index in [0.717, 1.165) is 0 Å². The number of carbonyl (C=O) groups excluding carboxylic acids is 2. The van der Waals surface area contributed by atoms with Gasteiger partial charge in [-0.1, -0.05) is 0 Å². The number of ether oxygens (including phenoxy) is 2. The summed E-state index contributed by atoms with van der Waals surface area (Å²) in [6, 6.07) is 0. The summed E-state index contributed by atoms with van der Waals surface area (Å²) in [4.78, 5) is 22.9. The summed E-state index contributed by atoms with van der Waals surface area (Å²) >= 11 is 0. The van der Waals surface area contributed by atoms with Gasteiger partial charge >= 0.3 is 5.97 Å². The molecule has 1 rings (SSSR count). The van der Waals surface area contributed by atoms with Gasteiger partial charge in [-0.3, -0.25) is 4.79 Å². The molecule has 0 aliphatic carbocycles. The van der Waals surface area contributed by atoms with Crippen molar-refractivity contribution in [3.8, 4) is 0 Å². The van der Waals surface area contributed by atoms with Crippen LogP contribution in [0.1, 0.15) is 33.6 Å². The van der Waals surface area contributed by atoms with Crippen LogP contribution in [0, 0.1) is 5.41 Å². The molecule has 0 aromatic rings. The van der Waals surface area contributed by atoms with E-state index >= 15 is 0 Å². The summed E-state index contributed by atoms with van der Waals surface area (Å²) in [5.41, 5.74) is -1.53.